The molecule has 0 aromatic heterocycles. The van der Waals surface area contributed by atoms with E-state index in [4.69, 9.17) is 18.9 Å². The first-order chi connectivity index (χ1) is 7.00. The summed E-state index contributed by atoms with van der Waals surface area (Å²) in [5, 5.41) is 0. The zero-order valence-electron chi connectivity index (χ0n) is 8.41. The Labute approximate surface area is 93.1 Å². The molecule has 0 atom stereocenters. The summed E-state index contributed by atoms with van der Waals surface area (Å²) < 4.78 is 29.9. The normalized spacial score (nSPS) is 21.1. The van der Waals surface area contributed by atoms with Crippen molar-refractivity contribution in [1.82, 2.24) is 0 Å². The number of halogens is 1. The van der Waals surface area contributed by atoms with E-state index in [1.807, 2.05) is 0 Å². The second-order valence-electron chi connectivity index (χ2n) is 2.24. The Hall–Kier alpha value is -0.213. The monoisotopic (exact) mass is 200 g/mol. The Kier molecular flexibility index (Phi) is 12.6. The van der Waals surface area contributed by atoms with Crippen molar-refractivity contribution >= 4 is 18.2 Å². The Bertz CT molecular complexity index is 121. The third kappa shape index (κ3) is 9.87. The van der Waals surface area contributed by atoms with Gasteiger partial charge in [0.2, 0.25) is 0 Å². The van der Waals surface area contributed by atoms with Gasteiger partial charge in [0, 0.05) is 0 Å². The summed E-state index contributed by atoms with van der Waals surface area (Å²) in [5.41, 5.74) is 0. The van der Waals surface area contributed by atoms with Gasteiger partial charge in [-0.25, -0.2) is 0 Å². The fourth-order valence-electron chi connectivity index (χ4n) is 0.751. The minimum atomic E-state index is 0.500. The van der Waals surface area contributed by atoms with E-state index >= 15 is 0 Å². The molecule has 1 aliphatic heterocycles. The quantitative estimate of drug-likeness (QED) is 0.536. The van der Waals surface area contributed by atoms with Crippen molar-refractivity contribution in [2.75, 3.05) is 39.6 Å². The number of hydrogen-bond donors (Lipinski definition) is 0. The topological polar surface area (TPSA) is 36.9 Å². The van der Waals surface area contributed by atoms with Crippen molar-refractivity contribution in [1.29, 1.82) is 0 Å². The molecule has 0 radical (unpaired) electrons. The summed E-state index contributed by atoms with van der Waals surface area (Å²) >= 11 is 0.500. The first-order valence-corrected chi connectivity index (χ1v) is 4.41. The van der Waals surface area contributed by atoms with Gasteiger partial charge in [0.1, 0.15) is 25.7 Å². The van der Waals surface area contributed by atoms with Crippen LogP contribution in [0.3, 0.4) is 0 Å². The van der Waals surface area contributed by atoms with E-state index in [0.717, 1.165) is 0 Å². The van der Waals surface area contributed by atoms with Gasteiger partial charge >= 0.3 is 21.6 Å². The standard InChI is InChI=1S/C8H14O4.FH.Li/c1-2-10-5-6-12-8-7-11-4-3-9-1;;/h1-2H,3-8H2;1H;/q;;+1/p-1/b2-1-;;. The molecule has 14 heavy (non-hydrogen) atoms. The summed E-state index contributed by atoms with van der Waals surface area (Å²) in [5.74, 6) is 0. The van der Waals surface area contributed by atoms with Gasteiger partial charge in [-0.2, -0.15) is 0 Å². The van der Waals surface area contributed by atoms with E-state index in [9.17, 15) is 3.38 Å². The second-order valence-corrected chi connectivity index (χ2v) is 2.24. The van der Waals surface area contributed by atoms with Crippen LogP contribution in [-0.4, -0.2) is 57.8 Å². The summed E-state index contributed by atoms with van der Waals surface area (Å²) in [6, 6.07) is 0. The Morgan fingerprint density at radius 1 is 0.714 bits per heavy atom. The molecule has 0 saturated heterocycles. The molecule has 1 rings (SSSR count). The predicted molar refractivity (Wildman–Crippen MR) is 49.5 cm³/mol. The van der Waals surface area contributed by atoms with Crippen LogP contribution in [0.2, 0.25) is 0 Å². The van der Waals surface area contributed by atoms with E-state index in [1.54, 1.807) is 0 Å². The molecule has 0 N–H and O–H groups in total. The Balaban J connectivity index is 0.000000791. The number of rotatable bonds is 0. The van der Waals surface area contributed by atoms with Crippen LogP contribution >= 0.6 is 0 Å². The molecule has 78 valence electrons. The van der Waals surface area contributed by atoms with Crippen LogP contribution in [0.5, 0.6) is 0 Å². The SMILES string of the molecule is C1=C\OCCOCCOCCO/1.[Li][F]. The summed E-state index contributed by atoms with van der Waals surface area (Å²) in [7, 11) is 0. The van der Waals surface area contributed by atoms with Crippen LogP contribution in [0.15, 0.2) is 12.5 Å². The molecular formula is C8H14FLiO4. The zero-order valence-corrected chi connectivity index (χ0v) is 8.41. The zero-order chi connectivity index (χ0) is 10.5. The molecule has 1 heterocycles. The van der Waals surface area contributed by atoms with Crippen molar-refractivity contribution in [2.24, 2.45) is 0 Å². The second kappa shape index (κ2) is 12.8. The average Bonchev–Trinajstić information content (AvgIpc) is 2.22. The van der Waals surface area contributed by atoms with Crippen molar-refractivity contribution in [3.63, 3.8) is 0 Å². The van der Waals surface area contributed by atoms with E-state index in [1.165, 1.54) is 12.5 Å². The molecule has 0 bridgehead atoms. The third-order valence-corrected chi connectivity index (χ3v) is 1.31. The van der Waals surface area contributed by atoms with Gasteiger partial charge in [-0.05, 0) is 0 Å². The fraction of sp³-hybridized carbons (Fsp3) is 0.750. The number of ether oxygens (including phenoxy) is 4. The summed E-state index contributed by atoms with van der Waals surface area (Å²) in [4.78, 5) is 0. The Morgan fingerprint density at radius 2 is 1.07 bits per heavy atom. The van der Waals surface area contributed by atoms with Crippen molar-refractivity contribution in [3.05, 3.63) is 12.5 Å². The first-order valence-electron chi connectivity index (χ1n) is 4.41. The van der Waals surface area contributed by atoms with Crippen LogP contribution in [0.4, 0.5) is 3.38 Å². The third-order valence-electron chi connectivity index (χ3n) is 1.31. The molecule has 0 amide bonds. The van der Waals surface area contributed by atoms with Crippen LogP contribution in [-0.2, 0) is 18.9 Å². The molecule has 0 aliphatic carbocycles. The van der Waals surface area contributed by atoms with E-state index in [2.05, 4.69) is 0 Å². The Morgan fingerprint density at radius 3 is 1.50 bits per heavy atom. The number of hydrogen-bond acceptors (Lipinski definition) is 4. The van der Waals surface area contributed by atoms with E-state index in [-0.39, 0.29) is 0 Å². The molecule has 0 unspecified atom stereocenters. The van der Waals surface area contributed by atoms with Gasteiger partial charge in [0.25, 0.3) is 0 Å². The minimum absolute atomic E-state index is 0.500. The van der Waals surface area contributed by atoms with Crippen molar-refractivity contribution < 1.29 is 22.3 Å². The molecule has 1 aliphatic rings. The first kappa shape index (κ1) is 13.8. The summed E-state index contributed by atoms with van der Waals surface area (Å²) in [6.07, 6.45) is 3.04. The molecule has 0 aromatic carbocycles. The van der Waals surface area contributed by atoms with Gasteiger partial charge in [-0.1, -0.05) is 0 Å². The van der Waals surface area contributed by atoms with Crippen LogP contribution < -0.4 is 0 Å². The molecule has 6 heteroatoms. The van der Waals surface area contributed by atoms with E-state index in [0.29, 0.717) is 57.8 Å². The molecule has 4 nitrogen and oxygen atoms in total. The van der Waals surface area contributed by atoms with E-state index < -0.39 is 0 Å². The van der Waals surface area contributed by atoms with Gasteiger partial charge in [-0.15, -0.1) is 0 Å². The maximum absolute atomic E-state index is 9.50. The molecule has 0 fully saturated rings. The van der Waals surface area contributed by atoms with Gasteiger partial charge in [0.05, 0.1) is 26.4 Å². The predicted octanol–water partition coefficient (Wildman–Crippen LogP) is 0.577. The van der Waals surface area contributed by atoms with Gasteiger partial charge in [-0.3, -0.25) is 0 Å². The molecule has 0 aromatic rings. The van der Waals surface area contributed by atoms with Gasteiger partial charge in [0.15, 0.2) is 0 Å². The van der Waals surface area contributed by atoms with Crippen LogP contribution in [0.1, 0.15) is 0 Å². The van der Waals surface area contributed by atoms with Crippen molar-refractivity contribution in [3.8, 4) is 0 Å². The maximum atomic E-state index is 9.50. The molecule has 0 spiro atoms. The van der Waals surface area contributed by atoms with Crippen LogP contribution in [0, 0.1) is 0 Å². The van der Waals surface area contributed by atoms with Crippen LogP contribution in [0.25, 0.3) is 0 Å². The summed E-state index contributed by atoms with van der Waals surface area (Å²) in [6.45, 7) is 3.53. The molecule has 0 saturated carbocycles. The average molecular weight is 200 g/mol. The van der Waals surface area contributed by atoms with Gasteiger partial charge < -0.3 is 18.9 Å². The molecular weight excluding hydrogens is 186 g/mol. The van der Waals surface area contributed by atoms with Crippen molar-refractivity contribution in [2.45, 2.75) is 0 Å². The fourth-order valence-corrected chi connectivity index (χ4v) is 0.751.